The standard InChI is InChI=1S/C25H27FO6S/c1-31-25(24(30)23(29)22(28)20(14-27)32-25)13-16-4-2-3-15(11-16)12-19-9-10-21(33-19)17-5-7-18(26)8-6-17/h2-11,20,22-24,27-30H,12-14H2,1H3/t20-,22-,23+,24-,25?/m0/s1. The van der Waals surface area contributed by atoms with E-state index in [1.54, 1.807) is 23.5 Å². The van der Waals surface area contributed by atoms with Crippen LogP contribution in [0.5, 0.6) is 0 Å². The fraction of sp³-hybridized carbons (Fsp3) is 0.360. The van der Waals surface area contributed by atoms with Crippen molar-refractivity contribution in [1.82, 2.24) is 0 Å². The van der Waals surface area contributed by atoms with Crippen molar-refractivity contribution in [2.24, 2.45) is 0 Å². The zero-order chi connectivity index (χ0) is 23.6. The molecule has 0 bridgehead atoms. The Morgan fingerprint density at radius 3 is 2.42 bits per heavy atom. The Morgan fingerprint density at radius 2 is 1.73 bits per heavy atom. The van der Waals surface area contributed by atoms with Gasteiger partial charge in [0.25, 0.3) is 0 Å². The van der Waals surface area contributed by atoms with Crippen molar-refractivity contribution in [3.05, 3.63) is 82.5 Å². The molecular formula is C25H27FO6S. The average molecular weight is 475 g/mol. The summed E-state index contributed by atoms with van der Waals surface area (Å²) in [5.41, 5.74) is 2.81. The molecule has 0 radical (unpaired) electrons. The van der Waals surface area contributed by atoms with E-state index < -0.39 is 36.8 Å². The summed E-state index contributed by atoms with van der Waals surface area (Å²) in [7, 11) is 1.36. The molecule has 8 heteroatoms. The molecule has 1 fully saturated rings. The zero-order valence-electron chi connectivity index (χ0n) is 18.1. The molecule has 1 aromatic heterocycles. The fourth-order valence-corrected chi connectivity index (χ4v) is 5.22. The van der Waals surface area contributed by atoms with Crippen molar-refractivity contribution in [1.29, 1.82) is 0 Å². The minimum atomic E-state index is -1.61. The summed E-state index contributed by atoms with van der Waals surface area (Å²) < 4.78 is 24.4. The number of rotatable bonds is 7. The van der Waals surface area contributed by atoms with Gasteiger partial charge >= 0.3 is 0 Å². The van der Waals surface area contributed by atoms with E-state index in [0.717, 1.165) is 26.4 Å². The molecule has 6 nitrogen and oxygen atoms in total. The smallest absolute Gasteiger partial charge is 0.201 e. The van der Waals surface area contributed by atoms with Gasteiger partial charge in [-0.05, 0) is 41.0 Å². The molecule has 176 valence electrons. The lowest BCUT2D eigenvalue weighted by Gasteiger charge is -2.47. The molecule has 0 spiro atoms. The Balaban J connectivity index is 1.51. The highest BCUT2D eigenvalue weighted by molar-refractivity contribution is 7.15. The van der Waals surface area contributed by atoms with Crippen LogP contribution in [0.4, 0.5) is 4.39 Å². The van der Waals surface area contributed by atoms with Crippen molar-refractivity contribution in [2.75, 3.05) is 13.7 Å². The molecule has 0 saturated carbocycles. The van der Waals surface area contributed by atoms with Gasteiger partial charge in [0, 0.05) is 29.7 Å². The topological polar surface area (TPSA) is 99.4 Å². The summed E-state index contributed by atoms with van der Waals surface area (Å²) >= 11 is 1.64. The van der Waals surface area contributed by atoms with E-state index in [0.29, 0.717) is 6.42 Å². The third-order valence-electron chi connectivity index (χ3n) is 5.99. The number of methoxy groups -OCH3 is 1. The number of hydrogen-bond donors (Lipinski definition) is 4. The average Bonchev–Trinajstić information content (AvgIpc) is 3.28. The van der Waals surface area contributed by atoms with Crippen LogP contribution in [0.3, 0.4) is 0 Å². The summed E-state index contributed by atoms with van der Waals surface area (Å²) in [6, 6.07) is 18.2. The Morgan fingerprint density at radius 1 is 1.00 bits per heavy atom. The van der Waals surface area contributed by atoms with E-state index in [2.05, 4.69) is 0 Å². The maximum absolute atomic E-state index is 13.2. The molecule has 1 aliphatic heterocycles. The summed E-state index contributed by atoms with van der Waals surface area (Å²) in [5.74, 6) is -1.87. The highest BCUT2D eigenvalue weighted by Gasteiger charge is 2.53. The van der Waals surface area contributed by atoms with Crippen molar-refractivity contribution in [3.8, 4) is 10.4 Å². The van der Waals surface area contributed by atoms with Gasteiger partial charge in [-0.1, -0.05) is 36.4 Å². The lowest BCUT2D eigenvalue weighted by atomic mass is 9.88. The first kappa shape index (κ1) is 24.0. The van der Waals surface area contributed by atoms with Gasteiger partial charge < -0.3 is 29.9 Å². The van der Waals surface area contributed by atoms with Gasteiger partial charge in [0.05, 0.1) is 6.61 Å². The van der Waals surface area contributed by atoms with Crippen molar-refractivity contribution in [3.63, 3.8) is 0 Å². The molecule has 2 aromatic carbocycles. The van der Waals surface area contributed by atoms with Crippen LogP contribution < -0.4 is 0 Å². The molecule has 1 saturated heterocycles. The molecule has 1 aliphatic rings. The van der Waals surface area contributed by atoms with Gasteiger partial charge in [0.2, 0.25) is 5.79 Å². The summed E-state index contributed by atoms with van der Waals surface area (Å²) in [6.45, 7) is -0.523. The van der Waals surface area contributed by atoms with Crippen LogP contribution in [0.15, 0.2) is 60.7 Å². The highest BCUT2D eigenvalue weighted by atomic mass is 32.1. The molecule has 4 N–H and O–H groups in total. The van der Waals surface area contributed by atoms with E-state index in [1.165, 1.54) is 19.2 Å². The molecule has 4 rings (SSSR count). The third-order valence-corrected chi connectivity index (χ3v) is 7.13. The normalized spacial score (nSPS) is 27.6. The minimum absolute atomic E-state index is 0.115. The second-order valence-corrected chi connectivity index (χ2v) is 9.40. The first-order chi connectivity index (χ1) is 15.8. The number of ether oxygens (including phenoxy) is 2. The molecule has 5 atom stereocenters. The van der Waals surface area contributed by atoms with Crippen LogP contribution in [0.2, 0.25) is 0 Å². The van der Waals surface area contributed by atoms with Crippen LogP contribution in [-0.4, -0.2) is 64.3 Å². The first-order valence-electron chi connectivity index (χ1n) is 10.7. The predicted molar refractivity (Wildman–Crippen MR) is 122 cm³/mol. The van der Waals surface area contributed by atoms with Crippen LogP contribution in [0.25, 0.3) is 10.4 Å². The SMILES string of the molecule is COC1(Cc2cccc(Cc3ccc(-c4ccc(F)cc4)s3)c2)O[C@@H](CO)[C@H](O)[C@@H](O)[C@@H]1O. The van der Waals surface area contributed by atoms with Crippen LogP contribution >= 0.6 is 11.3 Å². The quantitative estimate of drug-likeness (QED) is 0.420. The number of benzene rings is 2. The van der Waals surface area contributed by atoms with E-state index in [1.807, 2.05) is 36.4 Å². The fourth-order valence-electron chi connectivity index (χ4n) is 4.17. The highest BCUT2D eigenvalue weighted by Crippen LogP contribution is 2.34. The Kier molecular flexibility index (Phi) is 7.25. The Hall–Kier alpha value is -2.17. The van der Waals surface area contributed by atoms with Gasteiger partial charge in [0.1, 0.15) is 30.2 Å². The van der Waals surface area contributed by atoms with E-state index in [9.17, 15) is 24.8 Å². The van der Waals surface area contributed by atoms with E-state index in [-0.39, 0.29) is 12.2 Å². The molecule has 2 heterocycles. The van der Waals surface area contributed by atoms with Gasteiger partial charge in [-0.3, -0.25) is 0 Å². The number of halogens is 1. The number of hydrogen-bond acceptors (Lipinski definition) is 7. The van der Waals surface area contributed by atoms with Gasteiger partial charge in [-0.15, -0.1) is 11.3 Å². The third kappa shape index (κ3) is 5.02. The maximum Gasteiger partial charge on any atom is 0.201 e. The molecule has 3 aromatic rings. The van der Waals surface area contributed by atoms with E-state index >= 15 is 0 Å². The Bertz CT molecular complexity index is 1070. The van der Waals surface area contributed by atoms with Crippen LogP contribution in [-0.2, 0) is 22.3 Å². The van der Waals surface area contributed by atoms with E-state index in [4.69, 9.17) is 9.47 Å². The van der Waals surface area contributed by atoms with Crippen molar-refractivity contribution in [2.45, 2.75) is 43.0 Å². The van der Waals surface area contributed by atoms with Crippen LogP contribution in [0.1, 0.15) is 16.0 Å². The zero-order valence-corrected chi connectivity index (χ0v) is 18.9. The summed E-state index contributed by atoms with van der Waals surface area (Å²) in [6.07, 6.45) is -4.72. The van der Waals surface area contributed by atoms with Gasteiger partial charge in [0.15, 0.2) is 0 Å². The largest absolute Gasteiger partial charge is 0.394 e. The molecule has 0 aliphatic carbocycles. The predicted octanol–water partition coefficient (Wildman–Crippen LogP) is 2.50. The van der Waals surface area contributed by atoms with Gasteiger partial charge in [-0.25, -0.2) is 4.39 Å². The minimum Gasteiger partial charge on any atom is -0.394 e. The number of aliphatic hydroxyl groups excluding tert-OH is 4. The lowest BCUT2D eigenvalue weighted by Crippen LogP contribution is -2.66. The molecule has 33 heavy (non-hydrogen) atoms. The second-order valence-electron chi connectivity index (χ2n) is 8.23. The second kappa shape index (κ2) is 9.99. The number of thiophene rings is 1. The van der Waals surface area contributed by atoms with Crippen molar-refractivity contribution >= 4 is 11.3 Å². The maximum atomic E-state index is 13.2. The Labute approximate surface area is 195 Å². The monoisotopic (exact) mass is 474 g/mol. The first-order valence-corrected chi connectivity index (χ1v) is 11.5. The number of aliphatic hydroxyl groups is 4. The van der Waals surface area contributed by atoms with Gasteiger partial charge in [-0.2, -0.15) is 0 Å². The molecular weight excluding hydrogens is 447 g/mol. The summed E-state index contributed by atoms with van der Waals surface area (Å²) in [5, 5.41) is 40.4. The summed E-state index contributed by atoms with van der Waals surface area (Å²) in [4.78, 5) is 2.20. The van der Waals surface area contributed by atoms with Crippen LogP contribution in [0, 0.1) is 5.82 Å². The lowest BCUT2D eigenvalue weighted by molar-refractivity contribution is -0.356. The van der Waals surface area contributed by atoms with Crippen molar-refractivity contribution < 1.29 is 34.3 Å². The molecule has 0 amide bonds. The molecule has 1 unspecified atom stereocenters.